The zero-order valence-corrected chi connectivity index (χ0v) is 12.3. The van der Waals surface area contributed by atoms with Gasteiger partial charge in [-0.15, -0.1) is 0 Å². The molecule has 0 saturated carbocycles. The van der Waals surface area contributed by atoms with Crippen LogP contribution in [0.1, 0.15) is 31.8 Å². The van der Waals surface area contributed by atoms with E-state index >= 15 is 0 Å². The minimum atomic E-state index is -1.23. The lowest BCUT2D eigenvalue weighted by Gasteiger charge is -1.99. The minimum absolute atomic E-state index is 0.103. The molecule has 0 fully saturated rings. The van der Waals surface area contributed by atoms with Gasteiger partial charge in [-0.1, -0.05) is 23.6 Å². The molecule has 0 spiro atoms. The highest BCUT2D eigenvalue weighted by Crippen LogP contribution is 2.18. The maximum atomic E-state index is 11.6. The lowest BCUT2D eigenvalue weighted by atomic mass is 10.1. The van der Waals surface area contributed by atoms with Gasteiger partial charge >= 0.3 is 5.97 Å². The van der Waals surface area contributed by atoms with Crippen LogP contribution in [0.15, 0.2) is 36.7 Å². The van der Waals surface area contributed by atoms with Crippen LogP contribution in [0, 0.1) is 11.8 Å². The van der Waals surface area contributed by atoms with Gasteiger partial charge < -0.3 is 10.2 Å². The molecule has 2 N–H and O–H groups in total. The highest BCUT2D eigenvalue weighted by molar-refractivity contribution is 8.13. The van der Waals surface area contributed by atoms with Crippen molar-refractivity contribution in [1.29, 1.82) is 0 Å². The summed E-state index contributed by atoms with van der Waals surface area (Å²) in [4.78, 5) is 26.5. The number of aromatic carboxylic acids is 1. The fourth-order valence-electron chi connectivity index (χ4n) is 1.67. The summed E-state index contributed by atoms with van der Waals surface area (Å²) in [5.41, 5.74) is 1.23. The number of carboxylic acids is 1. The maximum absolute atomic E-state index is 11.6. The van der Waals surface area contributed by atoms with E-state index in [0.717, 1.165) is 11.8 Å². The van der Waals surface area contributed by atoms with Gasteiger partial charge in [0.25, 0.3) is 0 Å². The van der Waals surface area contributed by atoms with Crippen LogP contribution in [0.5, 0.6) is 5.75 Å². The molecule has 1 heterocycles. The molecule has 0 unspecified atom stereocenters. The molecular weight excluding hydrogens is 302 g/mol. The molecule has 0 aliphatic heterocycles. The molecule has 0 bridgehead atoms. The Morgan fingerprint density at radius 2 is 1.86 bits per heavy atom. The first-order chi connectivity index (χ1) is 10.5. The van der Waals surface area contributed by atoms with Gasteiger partial charge in [-0.3, -0.25) is 9.78 Å². The monoisotopic (exact) mass is 313 g/mol. The second kappa shape index (κ2) is 6.78. The van der Waals surface area contributed by atoms with Crippen molar-refractivity contribution in [2.24, 2.45) is 0 Å². The van der Waals surface area contributed by atoms with Crippen molar-refractivity contribution in [2.45, 2.75) is 0 Å². The highest BCUT2D eigenvalue weighted by atomic mass is 32.2. The number of thioether (sulfide) groups is 1. The third-order valence-corrected chi connectivity index (χ3v) is 3.34. The van der Waals surface area contributed by atoms with E-state index in [1.165, 1.54) is 30.6 Å². The maximum Gasteiger partial charge on any atom is 0.339 e. The highest BCUT2D eigenvalue weighted by Gasteiger charge is 2.09. The zero-order valence-electron chi connectivity index (χ0n) is 11.5. The molecular formula is C16H11NO4S. The number of pyridine rings is 1. The Morgan fingerprint density at radius 1 is 1.14 bits per heavy atom. The molecule has 6 heteroatoms. The van der Waals surface area contributed by atoms with Crippen LogP contribution in [0.4, 0.5) is 0 Å². The van der Waals surface area contributed by atoms with E-state index in [0.29, 0.717) is 16.7 Å². The largest absolute Gasteiger partial charge is 0.507 e. The standard InChI is InChI=1S/C16H11NO4S/c1-22-16(21)12-6-11(8-17-9-12)3-2-10-4-5-14(18)13(7-10)15(19)20/h4-9,18H,1H3,(H,19,20). The number of nitrogens with zero attached hydrogens (tertiary/aromatic N) is 1. The van der Waals surface area contributed by atoms with Crippen molar-refractivity contribution in [3.63, 3.8) is 0 Å². The number of carbonyl (C=O) groups excluding carboxylic acids is 1. The molecule has 0 saturated heterocycles. The second-order valence-electron chi connectivity index (χ2n) is 4.24. The molecule has 1 aromatic carbocycles. The smallest absolute Gasteiger partial charge is 0.339 e. The molecule has 0 aliphatic rings. The summed E-state index contributed by atoms with van der Waals surface area (Å²) in [6, 6.07) is 5.70. The van der Waals surface area contributed by atoms with Crippen LogP contribution in [0.25, 0.3) is 0 Å². The van der Waals surface area contributed by atoms with Crippen LogP contribution in [-0.4, -0.2) is 32.5 Å². The number of hydrogen-bond donors (Lipinski definition) is 2. The van der Waals surface area contributed by atoms with Gasteiger partial charge in [0.05, 0.1) is 0 Å². The molecule has 110 valence electrons. The minimum Gasteiger partial charge on any atom is -0.507 e. The number of benzene rings is 1. The van der Waals surface area contributed by atoms with Gasteiger partial charge in [-0.05, 0) is 30.5 Å². The predicted molar refractivity (Wildman–Crippen MR) is 83.1 cm³/mol. The lowest BCUT2D eigenvalue weighted by Crippen LogP contribution is -1.97. The number of aromatic nitrogens is 1. The molecule has 5 nitrogen and oxygen atoms in total. The Kier molecular flexibility index (Phi) is 4.81. The Balaban J connectivity index is 2.33. The van der Waals surface area contributed by atoms with Crippen LogP contribution in [0.3, 0.4) is 0 Å². The van der Waals surface area contributed by atoms with E-state index in [4.69, 9.17) is 5.11 Å². The number of carbonyl (C=O) groups is 2. The van der Waals surface area contributed by atoms with E-state index in [2.05, 4.69) is 16.8 Å². The Bertz CT molecular complexity index is 805. The van der Waals surface area contributed by atoms with E-state index in [1.54, 1.807) is 12.3 Å². The number of rotatable bonds is 2. The number of hydrogen-bond acceptors (Lipinski definition) is 5. The van der Waals surface area contributed by atoms with Crippen molar-refractivity contribution in [3.05, 3.63) is 58.9 Å². The van der Waals surface area contributed by atoms with E-state index in [9.17, 15) is 14.7 Å². The summed E-state index contributed by atoms with van der Waals surface area (Å²) in [7, 11) is 0. The first kappa shape index (κ1) is 15.6. The summed E-state index contributed by atoms with van der Waals surface area (Å²) in [6.45, 7) is 0. The molecule has 22 heavy (non-hydrogen) atoms. The van der Waals surface area contributed by atoms with Crippen molar-refractivity contribution >= 4 is 22.8 Å². The van der Waals surface area contributed by atoms with E-state index in [-0.39, 0.29) is 16.4 Å². The van der Waals surface area contributed by atoms with E-state index in [1.807, 2.05) is 0 Å². The average molecular weight is 313 g/mol. The van der Waals surface area contributed by atoms with Crippen molar-refractivity contribution in [2.75, 3.05) is 6.26 Å². The Labute approximate surface area is 131 Å². The summed E-state index contributed by atoms with van der Waals surface area (Å²) < 4.78 is 0. The van der Waals surface area contributed by atoms with Gasteiger partial charge in [-0.2, -0.15) is 0 Å². The molecule has 0 atom stereocenters. The molecule has 1 aromatic heterocycles. The molecule has 0 amide bonds. The van der Waals surface area contributed by atoms with Crippen molar-refractivity contribution in [3.8, 4) is 17.6 Å². The Morgan fingerprint density at radius 3 is 2.55 bits per heavy atom. The summed E-state index contributed by atoms with van der Waals surface area (Å²) in [6.07, 6.45) is 4.67. The summed E-state index contributed by atoms with van der Waals surface area (Å²) in [5, 5.41) is 18.3. The van der Waals surface area contributed by atoms with Gasteiger partial charge in [0.2, 0.25) is 5.12 Å². The van der Waals surface area contributed by atoms with Crippen molar-refractivity contribution < 1.29 is 19.8 Å². The van der Waals surface area contributed by atoms with Crippen LogP contribution in [-0.2, 0) is 0 Å². The summed E-state index contributed by atoms with van der Waals surface area (Å²) >= 11 is 1.09. The topological polar surface area (TPSA) is 87.5 Å². The zero-order chi connectivity index (χ0) is 16.1. The van der Waals surface area contributed by atoms with E-state index < -0.39 is 5.97 Å². The molecule has 2 rings (SSSR count). The predicted octanol–water partition coefficient (Wildman–Crippen LogP) is 2.39. The first-order valence-electron chi connectivity index (χ1n) is 6.13. The van der Waals surface area contributed by atoms with Crippen LogP contribution >= 0.6 is 11.8 Å². The number of aromatic hydroxyl groups is 1. The molecule has 0 radical (unpaired) electrons. The second-order valence-corrected chi connectivity index (χ2v) is 5.02. The van der Waals surface area contributed by atoms with Gasteiger partial charge in [0.15, 0.2) is 0 Å². The third kappa shape index (κ3) is 3.65. The van der Waals surface area contributed by atoms with Crippen LogP contribution in [0.2, 0.25) is 0 Å². The number of carboxylic acid groups (broad SMARTS) is 1. The quantitative estimate of drug-likeness (QED) is 0.828. The summed E-state index contributed by atoms with van der Waals surface area (Å²) in [5.74, 6) is 4.06. The Hall–Kier alpha value is -2.78. The average Bonchev–Trinajstić information content (AvgIpc) is 2.53. The van der Waals surface area contributed by atoms with Crippen molar-refractivity contribution in [1.82, 2.24) is 4.98 Å². The fraction of sp³-hybridized carbons (Fsp3) is 0.0625. The van der Waals surface area contributed by atoms with Gasteiger partial charge in [0.1, 0.15) is 11.3 Å². The molecule has 2 aromatic rings. The van der Waals surface area contributed by atoms with Crippen LogP contribution < -0.4 is 0 Å². The first-order valence-corrected chi connectivity index (χ1v) is 7.35. The van der Waals surface area contributed by atoms with Gasteiger partial charge in [0, 0.05) is 29.1 Å². The van der Waals surface area contributed by atoms with Gasteiger partial charge in [-0.25, -0.2) is 4.79 Å². The SMILES string of the molecule is CSC(=O)c1cncc(C#Cc2ccc(O)c(C(=O)O)c2)c1. The fourth-order valence-corrected chi connectivity index (χ4v) is 2.01. The third-order valence-electron chi connectivity index (χ3n) is 2.74. The molecule has 0 aliphatic carbocycles. The normalized spacial score (nSPS) is 9.68. The lowest BCUT2D eigenvalue weighted by molar-refractivity contribution is 0.0693. The number of phenols is 1.